The molecule has 3 nitrogen and oxygen atoms in total. The summed E-state index contributed by atoms with van der Waals surface area (Å²) in [5.74, 6) is 0.822. The number of hydrogen-bond acceptors (Lipinski definition) is 3. The Morgan fingerprint density at radius 2 is 1.91 bits per heavy atom. The number of allylic oxidation sites excluding steroid dienone is 5. The molecule has 0 unspecified atom stereocenters. The van der Waals surface area contributed by atoms with Crippen LogP contribution in [-0.2, 0) is 14.3 Å². The molecule has 0 saturated heterocycles. The van der Waals surface area contributed by atoms with Gasteiger partial charge in [0.25, 0.3) is 0 Å². The number of rotatable bonds is 0. The smallest absolute Gasteiger partial charge is 0.210 e. The van der Waals surface area contributed by atoms with Crippen LogP contribution in [-0.4, -0.2) is 17.2 Å². The van der Waals surface area contributed by atoms with Crippen LogP contribution in [0.2, 0.25) is 0 Å². The van der Waals surface area contributed by atoms with Crippen LogP contribution in [0.3, 0.4) is 0 Å². The lowest BCUT2D eigenvalue weighted by Crippen LogP contribution is -2.36. The molecule has 0 aromatic heterocycles. The zero-order chi connectivity index (χ0) is 16.1. The van der Waals surface area contributed by atoms with Crippen LogP contribution in [0, 0.1) is 5.41 Å². The van der Waals surface area contributed by atoms with Crippen molar-refractivity contribution in [2.24, 2.45) is 5.41 Å². The fourth-order valence-corrected chi connectivity index (χ4v) is 3.41. The van der Waals surface area contributed by atoms with E-state index in [1.54, 1.807) is 13.0 Å². The highest BCUT2D eigenvalue weighted by atomic mass is 16.5. The molecule has 116 valence electrons. The van der Waals surface area contributed by atoms with Gasteiger partial charge in [0.2, 0.25) is 5.78 Å². The maximum absolute atomic E-state index is 12.8. The van der Waals surface area contributed by atoms with Crippen molar-refractivity contribution >= 4 is 11.6 Å². The first kappa shape index (κ1) is 15.0. The van der Waals surface area contributed by atoms with E-state index in [2.05, 4.69) is 13.8 Å². The first-order valence-corrected chi connectivity index (χ1v) is 7.81. The van der Waals surface area contributed by atoms with Gasteiger partial charge in [-0.25, -0.2) is 0 Å². The minimum Gasteiger partial charge on any atom is -0.478 e. The van der Waals surface area contributed by atoms with Gasteiger partial charge in [-0.3, -0.25) is 9.59 Å². The molecular weight excluding hydrogens is 276 g/mol. The van der Waals surface area contributed by atoms with Gasteiger partial charge in [0.15, 0.2) is 11.4 Å². The summed E-state index contributed by atoms with van der Waals surface area (Å²) < 4.78 is 6.22. The summed E-state index contributed by atoms with van der Waals surface area (Å²) in [7, 11) is 0. The number of ketones is 2. The standard InChI is InChI=1S/C19H22O3/c1-12-10-14-6-5-8-19(14)17(21)13(2)16(22-19)11-18(3,4)9-7-15(12)20/h6-7,9-10H,5,8,11H2,1-4H3/b9-7-,12-10-/t19-/m1/s1. The van der Waals surface area contributed by atoms with Crippen LogP contribution in [0.5, 0.6) is 0 Å². The molecule has 3 aliphatic rings. The van der Waals surface area contributed by atoms with E-state index in [4.69, 9.17) is 4.74 Å². The zero-order valence-corrected chi connectivity index (χ0v) is 13.7. The van der Waals surface area contributed by atoms with Crippen molar-refractivity contribution in [1.82, 2.24) is 0 Å². The normalized spacial score (nSPS) is 34.4. The van der Waals surface area contributed by atoms with Gasteiger partial charge in [-0.15, -0.1) is 0 Å². The molecule has 2 heterocycles. The van der Waals surface area contributed by atoms with Crippen molar-refractivity contribution in [2.75, 3.05) is 0 Å². The lowest BCUT2D eigenvalue weighted by molar-refractivity contribution is -0.127. The lowest BCUT2D eigenvalue weighted by atomic mass is 9.84. The highest BCUT2D eigenvalue weighted by molar-refractivity contribution is 6.08. The van der Waals surface area contributed by atoms with E-state index in [1.165, 1.54) is 0 Å². The maximum atomic E-state index is 12.8. The Morgan fingerprint density at radius 1 is 1.18 bits per heavy atom. The van der Waals surface area contributed by atoms with Gasteiger partial charge in [-0.2, -0.15) is 0 Å². The maximum Gasteiger partial charge on any atom is 0.210 e. The summed E-state index contributed by atoms with van der Waals surface area (Å²) in [6, 6.07) is 0. The van der Waals surface area contributed by atoms with Crippen molar-refractivity contribution in [1.29, 1.82) is 0 Å². The van der Waals surface area contributed by atoms with E-state index in [0.29, 0.717) is 18.4 Å². The van der Waals surface area contributed by atoms with E-state index in [-0.39, 0.29) is 17.0 Å². The predicted octanol–water partition coefficient (Wildman–Crippen LogP) is 3.82. The van der Waals surface area contributed by atoms with Crippen LogP contribution in [0.15, 0.2) is 46.8 Å². The molecule has 0 saturated carbocycles. The Hall–Kier alpha value is -1.90. The van der Waals surface area contributed by atoms with E-state index in [1.807, 2.05) is 25.2 Å². The van der Waals surface area contributed by atoms with Crippen molar-refractivity contribution < 1.29 is 14.3 Å². The number of carbonyl (C=O) groups excluding carboxylic acids is 2. The summed E-state index contributed by atoms with van der Waals surface area (Å²) in [5, 5.41) is 0. The molecule has 0 aromatic carbocycles. The molecule has 0 radical (unpaired) electrons. The van der Waals surface area contributed by atoms with E-state index in [9.17, 15) is 9.59 Å². The first-order chi connectivity index (χ1) is 10.3. The second-order valence-electron chi connectivity index (χ2n) is 7.19. The molecule has 3 rings (SSSR count). The monoisotopic (exact) mass is 298 g/mol. The average molecular weight is 298 g/mol. The van der Waals surface area contributed by atoms with Crippen LogP contribution in [0.1, 0.15) is 47.0 Å². The highest BCUT2D eigenvalue weighted by Gasteiger charge is 2.52. The number of fused-ring (bicyclic) bond motifs is 1. The van der Waals surface area contributed by atoms with Crippen molar-refractivity contribution in [3.63, 3.8) is 0 Å². The first-order valence-electron chi connectivity index (χ1n) is 7.81. The fourth-order valence-electron chi connectivity index (χ4n) is 3.41. The minimum absolute atomic E-state index is 0.00745. The number of carbonyl (C=O) groups is 2. The second-order valence-corrected chi connectivity index (χ2v) is 7.19. The third kappa shape index (κ3) is 2.20. The molecule has 0 aromatic rings. The number of Topliss-reactive ketones (excluding diaryl/α,β-unsaturated/α-hetero) is 1. The van der Waals surface area contributed by atoms with Gasteiger partial charge in [0.05, 0.1) is 0 Å². The van der Waals surface area contributed by atoms with Gasteiger partial charge in [0, 0.05) is 18.4 Å². The molecule has 22 heavy (non-hydrogen) atoms. The topological polar surface area (TPSA) is 43.4 Å². The van der Waals surface area contributed by atoms with Gasteiger partial charge in [-0.05, 0) is 49.0 Å². The van der Waals surface area contributed by atoms with E-state index < -0.39 is 5.60 Å². The molecule has 0 amide bonds. The SMILES string of the molecule is CC1=C2CC(C)(C)/C=C\C(=O)/C(C)=C\C3=CCC[C@]3(O2)C1=O. The molecule has 3 heteroatoms. The Morgan fingerprint density at radius 3 is 2.64 bits per heavy atom. The summed E-state index contributed by atoms with van der Waals surface area (Å²) in [4.78, 5) is 25.1. The molecule has 0 N–H and O–H groups in total. The minimum atomic E-state index is -0.888. The molecule has 0 fully saturated rings. The van der Waals surface area contributed by atoms with Crippen molar-refractivity contribution in [3.8, 4) is 0 Å². The van der Waals surface area contributed by atoms with Crippen molar-refractivity contribution in [3.05, 3.63) is 46.8 Å². The van der Waals surface area contributed by atoms with Crippen LogP contribution >= 0.6 is 0 Å². The van der Waals surface area contributed by atoms with Gasteiger partial charge in [-0.1, -0.05) is 26.0 Å². The van der Waals surface area contributed by atoms with E-state index >= 15 is 0 Å². The highest BCUT2D eigenvalue weighted by Crippen LogP contribution is 2.47. The van der Waals surface area contributed by atoms with E-state index in [0.717, 1.165) is 23.3 Å². The Bertz CT molecular complexity index is 685. The Balaban J connectivity index is 2.16. The fraction of sp³-hybridized carbons (Fsp3) is 0.474. The lowest BCUT2D eigenvalue weighted by Gasteiger charge is -2.27. The van der Waals surface area contributed by atoms with Crippen molar-refractivity contribution in [2.45, 2.75) is 52.6 Å². The summed E-state index contributed by atoms with van der Waals surface area (Å²) >= 11 is 0. The summed E-state index contributed by atoms with van der Waals surface area (Å²) in [6.07, 6.45) is 9.50. The summed E-state index contributed by atoms with van der Waals surface area (Å²) in [5.41, 5.74) is 1.09. The quantitative estimate of drug-likeness (QED) is 0.683. The third-order valence-electron chi connectivity index (χ3n) is 4.81. The second kappa shape index (κ2) is 4.80. The Labute approximate surface area is 131 Å². The largest absolute Gasteiger partial charge is 0.478 e. The average Bonchev–Trinajstić information content (AvgIpc) is 2.94. The van der Waals surface area contributed by atoms with Gasteiger partial charge >= 0.3 is 0 Å². The predicted molar refractivity (Wildman–Crippen MR) is 85.1 cm³/mol. The van der Waals surface area contributed by atoms with Crippen LogP contribution in [0.4, 0.5) is 0 Å². The Kier molecular flexibility index (Phi) is 3.28. The molecule has 2 bridgehead atoms. The van der Waals surface area contributed by atoms with Gasteiger partial charge < -0.3 is 4.74 Å². The van der Waals surface area contributed by atoms with Gasteiger partial charge in [0.1, 0.15) is 5.76 Å². The molecule has 1 aliphatic carbocycles. The number of ether oxygens (including phenoxy) is 1. The molecule has 1 atom stereocenters. The number of hydrogen-bond donors (Lipinski definition) is 0. The third-order valence-corrected chi connectivity index (χ3v) is 4.81. The van der Waals surface area contributed by atoms with Crippen LogP contribution in [0.25, 0.3) is 0 Å². The summed E-state index contributed by atoms with van der Waals surface area (Å²) in [6.45, 7) is 7.76. The molecule has 2 aliphatic heterocycles. The molecule has 1 spiro atoms. The zero-order valence-electron chi connectivity index (χ0n) is 13.7. The molecular formula is C19H22O3. The van der Waals surface area contributed by atoms with Crippen LogP contribution < -0.4 is 0 Å².